The van der Waals surface area contributed by atoms with E-state index in [0.29, 0.717) is 12.1 Å². The molecule has 0 fully saturated rings. The second kappa shape index (κ2) is 13.1. The molecule has 2 heteroatoms. The molecule has 0 bridgehead atoms. The topological polar surface area (TPSA) is 24.1 Å². The zero-order valence-corrected chi connectivity index (χ0v) is 18.3. The zero-order valence-electron chi connectivity index (χ0n) is 18.3. The minimum Gasteiger partial charge on any atom is -0.382 e. The summed E-state index contributed by atoms with van der Waals surface area (Å²) in [6.07, 6.45) is 10.1. The van der Waals surface area contributed by atoms with Gasteiger partial charge in [-0.1, -0.05) is 54.4 Å². The van der Waals surface area contributed by atoms with Crippen molar-refractivity contribution in [3.8, 4) is 0 Å². The molecular formula is C24H44N2. The van der Waals surface area contributed by atoms with Gasteiger partial charge in [0.15, 0.2) is 0 Å². The van der Waals surface area contributed by atoms with Crippen LogP contribution < -0.4 is 10.6 Å². The third kappa shape index (κ3) is 8.96. The summed E-state index contributed by atoms with van der Waals surface area (Å²) in [6.45, 7) is 13.9. The highest BCUT2D eigenvalue weighted by atomic mass is 14.9. The molecule has 0 spiro atoms. The maximum Gasteiger partial charge on any atom is 0.0343 e. The molecule has 0 aromatic heterocycles. The van der Waals surface area contributed by atoms with E-state index in [4.69, 9.17) is 0 Å². The van der Waals surface area contributed by atoms with Crippen LogP contribution in [-0.4, -0.2) is 12.1 Å². The quantitative estimate of drug-likeness (QED) is 0.355. The van der Waals surface area contributed by atoms with E-state index in [1.165, 1.54) is 62.7 Å². The summed E-state index contributed by atoms with van der Waals surface area (Å²) < 4.78 is 0. The molecule has 0 aliphatic carbocycles. The Morgan fingerprint density at radius 1 is 0.577 bits per heavy atom. The van der Waals surface area contributed by atoms with Gasteiger partial charge in [-0.15, -0.1) is 0 Å². The molecule has 1 rings (SSSR count). The molecule has 1 aromatic rings. The molecule has 26 heavy (non-hydrogen) atoms. The van der Waals surface area contributed by atoms with Crippen LogP contribution in [0.4, 0.5) is 11.4 Å². The van der Waals surface area contributed by atoms with Crippen LogP contribution in [0.1, 0.15) is 92.9 Å². The Labute approximate surface area is 163 Å². The van der Waals surface area contributed by atoms with Gasteiger partial charge in [0, 0.05) is 23.5 Å². The molecule has 0 saturated carbocycles. The lowest BCUT2D eigenvalue weighted by molar-refractivity contribution is 0.463. The van der Waals surface area contributed by atoms with Crippen LogP contribution >= 0.6 is 0 Å². The SMILES string of the molecule is CCC(C)CCC(CC)Nc1ccc(NC(CC)CCC(C)CC)cc1. The summed E-state index contributed by atoms with van der Waals surface area (Å²) in [7, 11) is 0. The molecule has 0 aliphatic heterocycles. The minimum atomic E-state index is 0.585. The first-order valence-electron chi connectivity index (χ1n) is 11.1. The van der Waals surface area contributed by atoms with E-state index in [2.05, 4.69) is 76.4 Å². The molecular weight excluding hydrogens is 316 g/mol. The van der Waals surface area contributed by atoms with Gasteiger partial charge in [0.1, 0.15) is 0 Å². The number of nitrogens with one attached hydrogen (secondary N) is 2. The fourth-order valence-corrected chi connectivity index (χ4v) is 3.27. The molecule has 0 heterocycles. The van der Waals surface area contributed by atoms with E-state index in [1.807, 2.05) is 0 Å². The molecule has 4 unspecified atom stereocenters. The Kier molecular flexibility index (Phi) is 11.5. The number of benzene rings is 1. The Morgan fingerprint density at radius 2 is 0.923 bits per heavy atom. The minimum absolute atomic E-state index is 0.585. The van der Waals surface area contributed by atoms with E-state index in [9.17, 15) is 0 Å². The Bertz CT molecular complexity index is 411. The smallest absolute Gasteiger partial charge is 0.0343 e. The molecule has 0 saturated heterocycles. The maximum absolute atomic E-state index is 3.72. The highest BCUT2D eigenvalue weighted by Gasteiger charge is 2.10. The molecule has 2 nitrogen and oxygen atoms in total. The number of hydrogen-bond acceptors (Lipinski definition) is 2. The van der Waals surface area contributed by atoms with Crippen molar-refractivity contribution in [2.45, 2.75) is 105 Å². The Hall–Kier alpha value is -1.18. The third-order valence-corrected chi connectivity index (χ3v) is 6.02. The second-order valence-electron chi connectivity index (χ2n) is 8.26. The summed E-state index contributed by atoms with van der Waals surface area (Å²) in [4.78, 5) is 0. The van der Waals surface area contributed by atoms with Crippen LogP contribution in [0, 0.1) is 11.8 Å². The summed E-state index contributed by atoms with van der Waals surface area (Å²) in [6, 6.07) is 10.1. The van der Waals surface area contributed by atoms with Crippen molar-refractivity contribution in [2.24, 2.45) is 11.8 Å². The summed E-state index contributed by atoms with van der Waals surface area (Å²) in [5.74, 6) is 1.66. The third-order valence-electron chi connectivity index (χ3n) is 6.02. The molecule has 2 N–H and O–H groups in total. The van der Waals surface area contributed by atoms with E-state index < -0.39 is 0 Å². The molecule has 0 radical (unpaired) electrons. The van der Waals surface area contributed by atoms with Gasteiger partial charge in [-0.05, 0) is 74.6 Å². The largest absolute Gasteiger partial charge is 0.382 e. The van der Waals surface area contributed by atoms with Gasteiger partial charge in [0.25, 0.3) is 0 Å². The van der Waals surface area contributed by atoms with Gasteiger partial charge in [0.05, 0.1) is 0 Å². The monoisotopic (exact) mass is 360 g/mol. The van der Waals surface area contributed by atoms with Gasteiger partial charge in [0.2, 0.25) is 0 Å². The van der Waals surface area contributed by atoms with Crippen LogP contribution in [0.2, 0.25) is 0 Å². The molecule has 4 atom stereocenters. The van der Waals surface area contributed by atoms with Crippen molar-refractivity contribution >= 4 is 11.4 Å². The van der Waals surface area contributed by atoms with Crippen molar-refractivity contribution < 1.29 is 0 Å². The van der Waals surface area contributed by atoms with Gasteiger partial charge in [-0.25, -0.2) is 0 Å². The van der Waals surface area contributed by atoms with Crippen molar-refractivity contribution in [1.29, 1.82) is 0 Å². The van der Waals surface area contributed by atoms with Crippen LogP contribution in [0.15, 0.2) is 24.3 Å². The first kappa shape index (κ1) is 22.9. The lowest BCUT2D eigenvalue weighted by Gasteiger charge is -2.22. The van der Waals surface area contributed by atoms with Crippen molar-refractivity contribution in [1.82, 2.24) is 0 Å². The van der Waals surface area contributed by atoms with Gasteiger partial charge in [-0.3, -0.25) is 0 Å². The van der Waals surface area contributed by atoms with Crippen LogP contribution in [-0.2, 0) is 0 Å². The first-order chi connectivity index (χ1) is 12.5. The second-order valence-corrected chi connectivity index (χ2v) is 8.26. The zero-order chi connectivity index (χ0) is 19.4. The normalized spacial score (nSPS) is 15.9. The van der Waals surface area contributed by atoms with Gasteiger partial charge >= 0.3 is 0 Å². The van der Waals surface area contributed by atoms with E-state index in [1.54, 1.807) is 0 Å². The van der Waals surface area contributed by atoms with Crippen molar-refractivity contribution in [3.63, 3.8) is 0 Å². The fraction of sp³-hybridized carbons (Fsp3) is 0.750. The molecule has 0 amide bonds. The first-order valence-corrected chi connectivity index (χ1v) is 11.1. The summed E-state index contributed by atoms with van der Waals surface area (Å²) in [5.41, 5.74) is 2.50. The predicted molar refractivity (Wildman–Crippen MR) is 119 cm³/mol. The number of rotatable bonds is 14. The number of hydrogen-bond donors (Lipinski definition) is 2. The highest BCUT2D eigenvalue weighted by molar-refractivity contribution is 5.54. The van der Waals surface area contributed by atoms with Crippen LogP contribution in [0.3, 0.4) is 0 Å². The van der Waals surface area contributed by atoms with E-state index in [0.717, 1.165) is 11.8 Å². The average Bonchev–Trinajstić information content (AvgIpc) is 2.68. The Balaban J connectivity index is 2.50. The Morgan fingerprint density at radius 3 is 1.19 bits per heavy atom. The summed E-state index contributed by atoms with van der Waals surface area (Å²) >= 11 is 0. The molecule has 0 aliphatic rings. The van der Waals surface area contributed by atoms with E-state index >= 15 is 0 Å². The van der Waals surface area contributed by atoms with E-state index in [-0.39, 0.29) is 0 Å². The average molecular weight is 361 g/mol. The van der Waals surface area contributed by atoms with Gasteiger partial charge < -0.3 is 10.6 Å². The lowest BCUT2D eigenvalue weighted by atomic mass is 9.98. The van der Waals surface area contributed by atoms with Crippen LogP contribution in [0.25, 0.3) is 0 Å². The molecule has 1 aromatic carbocycles. The maximum atomic E-state index is 3.72. The van der Waals surface area contributed by atoms with Gasteiger partial charge in [-0.2, -0.15) is 0 Å². The summed E-state index contributed by atoms with van der Waals surface area (Å²) in [5, 5.41) is 7.45. The number of anilines is 2. The van der Waals surface area contributed by atoms with Crippen molar-refractivity contribution in [3.05, 3.63) is 24.3 Å². The van der Waals surface area contributed by atoms with Crippen molar-refractivity contribution in [2.75, 3.05) is 10.6 Å². The predicted octanol–water partition coefficient (Wildman–Crippen LogP) is 7.72. The fourth-order valence-electron chi connectivity index (χ4n) is 3.27. The standard InChI is InChI=1S/C24H44N2/c1-7-19(5)11-13-21(9-3)25-23-15-17-24(18-16-23)26-22(10-4)14-12-20(6)8-2/h15-22,25-26H,7-14H2,1-6H3. The molecule has 150 valence electrons. The lowest BCUT2D eigenvalue weighted by Crippen LogP contribution is -2.20. The van der Waals surface area contributed by atoms with Crippen LogP contribution in [0.5, 0.6) is 0 Å². The highest BCUT2D eigenvalue weighted by Crippen LogP contribution is 2.21.